The van der Waals surface area contributed by atoms with Crippen LogP contribution in [0.2, 0.25) is 0 Å². The van der Waals surface area contributed by atoms with E-state index in [0.717, 1.165) is 116 Å². The number of carbonyl (C=O) groups is 5. The molecule has 0 spiro atoms. The fraction of sp³-hybridized carbons (Fsp3) is 0.776. The lowest BCUT2D eigenvalue weighted by Crippen LogP contribution is -2.48. The third-order valence-electron chi connectivity index (χ3n) is 20.1. The van der Waals surface area contributed by atoms with Gasteiger partial charge in [-0.05, 0) is 169 Å². The van der Waals surface area contributed by atoms with Crippen LogP contribution in [-0.4, -0.2) is 91.8 Å². The highest BCUT2D eigenvalue weighted by Crippen LogP contribution is 2.56. The van der Waals surface area contributed by atoms with E-state index in [1.807, 2.05) is 0 Å². The maximum Gasteiger partial charge on any atom is 0.333 e. The number of methoxy groups -OCH3 is 1. The van der Waals surface area contributed by atoms with Gasteiger partial charge in [0.2, 0.25) is 0 Å². The van der Waals surface area contributed by atoms with Crippen LogP contribution in [0.1, 0.15) is 246 Å². The first-order chi connectivity index (χ1) is 37.8. The number of fused-ring (bicyclic) bond motifs is 1. The van der Waals surface area contributed by atoms with E-state index in [1.165, 1.54) is 12.8 Å². The van der Waals surface area contributed by atoms with E-state index in [4.69, 9.17) is 32.6 Å². The predicted octanol–water partition coefficient (Wildman–Crippen LogP) is 15.3. The molecule has 1 heterocycles. The molecule has 468 valence electrons. The second-order valence-corrected chi connectivity index (χ2v) is 29.5. The summed E-state index contributed by atoms with van der Waals surface area (Å²) in [5, 5.41) is -0.378. The lowest BCUT2D eigenvalue weighted by molar-refractivity contribution is -0.174. The summed E-state index contributed by atoms with van der Waals surface area (Å²) in [6, 6.07) is 0. The molecule has 0 aromatic heterocycles. The summed E-state index contributed by atoms with van der Waals surface area (Å²) in [6.07, 6.45) is 20.5. The monoisotopic (exact) mass is 1170 g/mol. The third kappa shape index (κ3) is 16.7. The fourth-order valence-corrected chi connectivity index (χ4v) is 15.4. The normalized spacial score (nSPS) is 24.7. The van der Waals surface area contributed by atoms with Crippen molar-refractivity contribution in [3.63, 3.8) is 0 Å². The minimum atomic E-state index is -3.43. The van der Waals surface area contributed by atoms with Crippen LogP contribution in [-0.2, 0) is 66.7 Å². The molecule has 6 aliphatic carbocycles. The van der Waals surface area contributed by atoms with Gasteiger partial charge in [-0.15, -0.1) is 0 Å². The second-order valence-electron chi connectivity index (χ2n) is 27.7. The molecule has 0 radical (unpaired) electrons. The molecule has 5 atom stereocenters. The molecule has 0 aromatic carbocycles. The van der Waals surface area contributed by atoms with Gasteiger partial charge in [-0.25, -0.2) is 24.0 Å². The standard InChI is InChI=1S/C15H26O2.C14H24O3.C14H24O2.C13H22O2.C11H14O5S/c1-6-14(5,7-2)15(10-8-9-11-15)17-13(16)12(3)4;1-11(2)12(15)17-14(8-6-7-9-14)13(3,4)10-16-5;1-6-13(4,5)14(9-7-8-10-14)16-12(15)11(2)3;1-10(2)11(14)15-13(12(3,4)5)8-6-7-9-13;1-5(2)11(12)15-9-6-3-7-8(4-6)17(13,14)16-10(7)9/h3,6-11H2,1-2,4-5H3;1,6-10H2,2-5H3;2,6-10H2,1,3-5H3;1,6-9H2,2-5H3;6-10H,1,3-4H2,2H3. The molecule has 7 aliphatic rings. The summed E-state index contributed by atoms with van der Waals surface area (Å²) in [5.41, 5.74) is 1.08. The molecule has 0 amide bonds. The van der Waals surface area contributed by atoms with Crippen LogP contribution >= 0.6 is 0 Å². The summed E-state index contributed by atoms with van der Waals surface area (Å²) in [6.45, 7) is 51.0. The SMILES string of the molecule is C=C(C)C(=O)OC1(C(C)(C)C)CCCC1.C=C(C)C(=O)OC1(C(C)(C)CC)CCCC1.C=C(C)C(=O)OC1(C(C)(C)COC)CCCC1.C=C(C)C(=O)OC1(C(C)(CC)CC)CCCC1.C=C(C)C(=O)OC1C2CC3C1OS(=O)(=O)C3C2. The summed E-state index contributed by atoms with van der Waals surface area (Å²) >= 11 is 0. The highest BCUT2D eigenvalue weighted by Gasteiger charge is 2.65. The Balaban J connectivity index is 0.000000269. The van der Waals surface area contributed by atoms with Gasteiger partial charge in [-0.2, -0.15) is 8.42 Å². The van der Waals surface area contributed by atoms with Gasteiger partial charge in [0, 0.05) is 68.5 Å². The van der Waals surface area contributed by atoms with Crippen molar-refractivity contribution in [3.05, 3.63) is 60.8 Å². The van der Waals surface area contributed by atoms with Gasteiger partial charge in [0.05, 0.1) is 11.9 Å². The van der Waals surface area contributed by atoms with E-state index >= 15 is 0 Å². The van der Waals surface area contributed by atoms with Crippen molar-refractivity contribution in [2.24, 2.45) is 33.5 Å². The predicted molar refractivity (Wildman–Crippen MR) is 325 cm³/mol. The van der Waals surface area contributed by atoms with Gasteiger partial charge < -0.3 is 28.4 Å². The van der Waals surface area contributed by atoms with Crippen LogP contribution in [0.3, 0.4) is 0 Å². The van der Waals surface area contributed by atoms with Gasteiger partial charge in [-0.1, -0.05) is 109 Å². The Morgan fingerprint density at radius 3 is 1.15 bits per heavy atom. The average Bonchev–Trinajstić information content (AvgIpc) is 3.32. The minimum absolute atomic E-state index is 0.00733. The zero-order valence-electron chi connectivity index (χ0n) is 54.1. The highest BCUT2D eigenvalue weighted by molar-refractivity contribution is 7.87. The molecule has 0 N–H and O–H groups in total. The van der Waals surface area contributed by atoms with Gasteiger partial charge in [0.1, 0.15) is 34.6 Å². The molecule has 15 heteroatoms. The van der Waals surface area contributed by atoms with Crippen molar-refractivity contribution >= 4 is 40.0 Å². The highest BCUT2D eigenvalue weighted by atomic mass is 32.2. The van der Waals surface area contributed by atoms with Gasteiger partial charge in [0.25, 0.3) is 10.1 Å². The average molecular weight is 1170 g/mol. The quantitative estimate of drug-likeness (QED) is 0.0546. The number of esters is 5. The Labute approximate surface area is 496 Å². The number of carbonyl (C=O) groups excluding carboxylic acids is 5. The zero-order valence-corrected chi connectivity index (χ0v) is 54.9. The van der Waals surface area contributed by atoms with E-state index < -0.39 is 28.3 Å². The summed E-state index contributed by atoms with van der Waals surface area (Å²) in [7, 11) is -1.75. The molecule has 2 bridgehead atoms. The number of rotatable bonds is 18. The summed E-state index contributed by atoms with van der Waals surface area (Å²) in [4.78, 5) is 58.5. The van der Waals surface area contributed by atoms with Gasteiger partial charge in [-0.3, -0.25) is 4.18 Å². The van der Waals surface area contributed by atoms with E-state index in [-0.39, 0.29) is 85.0 Å². The molecular weight excluding hydrogens is 1060 g/mol. The van der Waals surface area contributed by atoms with Crippen molar-refractivity contribution in [3.8, 4) is 0 Å². The van der Waals surface area contributed by atoms with Crippen molar-refractivity contribution in [2.45, 2.75) is 285 Å². The fourth-order valence-electron chi connectivity index (χ4n) is 13.5. The Morgan fingerprint density at radius 2 is 0.817 bits per heavy atom. The molecule has 0 aromatic rings. The molecular formula is C67H110O14S. The van der Waals surface area contributed by atoms with E-state index in [9.17, 15) is 32.4 Å². The van der Waals surface area contributed by atoms with Crippen LogP contribution in [0.4, 0.5) is 0 Å². The first-order valence-electron chi connectivity index (χ1n) is 30.6. The number of ether oxygens (including phenoxy) is 6. The van der Waals surface area contributed by atoms with Crippen molar-refractivity contribution < 1.29 is 65.0 Å². The number of hydrogen-bond donors (Lipinski definition) is 0. The van der Waals surface area contributed by atoms with Crippen molar-refractivity contribution in [1.82, 2.24) is 0 Å². The molecule has 82 heavy (non-hydrogen) atoms. The maximum absolute atomic E-state index is 11.9. The summed E-state index contributed by atoms with van der Waals surface area (Å²) < 4.78 is 62.1. The largest absolute Gasteiger partial charge is 0.456 e. The maximum atomic E-state index is 11.9. The van der Waals surface area contributed by atoms with Gasteiger partial charge in [0.15, 0.2) is 0 Å². The Morgan fingerprint density at radius 1 is 0.488 bits per heavy atom. The molecule has 1 saturated heterocycles. The summed E-state index contributed by atoms with van der Waals surface area (Å²) in [5.74, 6) is -1.32. The Bertz CT molecular complexity index is 2410. The Hall–Kier alpha value is -4.08. The third-order valence-corrected chi connectivity index (χ3v) is 21.9. The first-order valence-corrected chi connectivity index (χ1v) is 32.1. The van der Waals surface area contributed by atoms with Crippen LogP contribution in [0.25, 0.3) is 0 Å². The second kappa shape index (κ2) is 28.9. The number of hydrogen-bond acceptors (Lipinski definition) is 14. The molecule has 7 rings (SSSR count). The van der Waals surface area contributed by atoms with E-state index in [0.29, 0.717) is 40.9 Å². The molecule has 1 aliphatic heterocycles. The molecule has 6 saturated carbocycles. The van der Waals surface area contributed by atoms with Crippen molar-refractivity contribution in [2.75, 3.05) is 13.7 Å². The van der Waals surface area contributed by atoms with E-state index in [2.05, 4.69) is 109 Å². The lowest BCUT2D eigenvalue weighted by atomic mass is 9.68. The van der Waals surface area contributed by atoms with Crippen LogP contribution in [0, 0.1) is 33.5 Å². The van der Waals surface area contributed by atoms with Crippen LogP contribution in [0.5, 0.6) is 0 Å². The van der Waals surface area contributed by atoms with Gasteiger partial charge >= 0.3 is 29.8 Å². The topological polar surface area (TPSA) is 184 Å². The molecule has 5 unspecified atom stereocenters. The van der Waals surface area contributed by atoms with Crippen LogP contribution in [0.15, 0.2) is 60.8 Å². The van der Waals surface area contributed by atoms with E-state index in [1.54, 1.807) is 41.7 Å². The zero-order chi connectivity index (χ0) is 62.7. The van der Waals surface area contributed by atoms with Crippen molar-refractivity contribution in [1.29, 1.82) is 0 Å². The molecule has 14 nitrogen and oxygen atoms in total. The lowest BCUT2D eigenvalue weighted by Gasteiger charge is -2.45. The first kappa shape index (κ1) is 72.2. The molecule has 7 fully saturated rings. The smallest absolute Gasteiger partial charge is 0.333 e. The minimum Gasteiger partial charge on any atom is -0.456 e. The Kier molecular flexibility index (Phi) is 25.4. The van der Waals surface area contributed by atoms with Crippen LogP contribution < -0.4 is 0 Å².